The van der Waals surface area contributed by atoms with Crippen LogP contribution in [-0.4, -0.2) is 15.0 Å². The minimum Gasteiger partial charge on any atom is -0.256 e. The summed E-state index contributed by atoms with van der Waals surface area (Å²) in [5.74, 6) is 0. The van der Waals surface area contributed by atoms with Crippen LogP contribution in [0.25, 0.3) is 33.8 Å². The molecule has 0 bridgehead atoms. The van der Waals surface area contributed by atoms with E-state index in [2.05, 4.69) is 109 Å². The van der Waals surface area contributed by atoms with E-state index in [4.69, 9.17) is 0 Å². The van der Waals surface area contributed by atoms with E-state index in [0.29, 0.717) is 0 Å². The monoisotopic (exact) mass is 609 g/mol. The van der Waals surface area contributed by atoms with E-state index < -0.39 is 0 Å². The van der Waals surface area contributed by atoms with Crippen LogP contribution in [-0.2, 0) is 19.5 Å². The van der Waals surface area contributed by atoms with Gasteiger partial charge in [0, 0.05) is 35.3 Å². The second-order valence-corrected chi connectivity index (χ2v) is 9.24. The maximum absolute atomic E-state index is 4.28. The van der Waals surface area contributed by atoms with Crippen molar-refractivity contribution in [2.45, 2.75) is 20.8 Å². The third-order valence-corrected chi connectivity index (χ3v) is 6.04. The van der Waals surface area contributed by atoms with Crippen molar-refractivity contribution >= 4 is 0 Å². The van der Waals surface area contributed by atoms with Crippen molar-refractivity contribution < 1.29 is 19.5 Å². The number of hydrogen-bond acceptors (Lipinski definition) is 3. The normalized spacial score (nSPS) is 9.68. The summed E-state index contributed by atoms with van der Waals surface area (Å²) in [6.45, 7) is 6.26. The molecule has 3 aromatic heterocycles. The maximum Gasteiger partial charge on any atom is 3.00 e. The molecule has 40 heavy (non-hydrogen) atoms. The van der Waals surface area contributed by atoms with Gasteiger partial charge in [0.15, 0.2) is 0 Å². The number of rotatable bonds is 3. The van der Waals surface area contributed by atoms with Crippen LogP contribution in [0.3, 0.4) is 0 Å². The third-order valence-electron chi connectivity index (χ3n) is 6.04. The Hall–Kier alpha value is -4.27. The SMILES string of the molecule is Cc1ccc(-c2ccccn2)cc1.Cc1ccc(-c2ccccn2)cc1.Cc1ccc(-c2ccccn2)cc1.[Ru+3]. The van der Waals surface area contributed by atoms with E-state index in [-0.39, 0.29) is 19.5 Å². The van der Waals surface area contributed by atoms with Gasteiger partial charge in [-0.1, -0.05) is 108 Å². The molecule has 0 N–H and O–H groups in total. The van der Waals surface area contributed by atoms with Gasteiger partial charge < -0.3 is 0 Å². The fraction of sp³-hybridized carbons (Fsp3) is 0.0833. The summed E-state index contributed by atoms with van der Waals surface area (Å²) in [7, 11) is 0. The molecule has 3 aromatic carbocycles. The van der Waals surface area contributed by atoms with Crippen molar-refractivity contribution in [1.82, 2.24) is 15.0 Å². The van der Waals surface area contributed by atoms with E-state index in [0.717, 1.165) is 17.1 Å². The van der Waals surface area contributed by atoms with Gasteiger partial charge in [-0.25, -0.2) is 0 Å². The van der Waals surface area contributed by atoms with Crippen molar-refractivity contribution in [2.24, 2.45) is 0 Å². The Balaban J connectivity index is 0.000000163. The van der Waals surface area contributed by atoms with Crippen LogP contribution in [0.15, 0.2) is 146 Å². The quantitative estimate of drug-likeness (QED) is 0.188. The molecule has 0 amide bonds. The van der Waals surface area contributed by atoms with Crippen molar-refractivity contribution in [1.29, 1.82) is 0 Å². The molecule has 0 saturated heterocycles. The van der Waals surface area contributed by atoms with E-state index in [1.165, 1.54) is 33.4 Å². The molecule has 1 radical (unpaired) electrons. The molecule has 6 aromatic rings. The summed E-state index contributed by atoms with van der Waals surface area (Å²) in [6.07, 6.45) is 5.44. The molecule has 6 rings (SSSR count). The van der Waals surface area contributed by atoms with E-state index in [9.17, 15) is 0 Å². The largest absolute Gasteiger partial charge is 3.00 e. The standard InChI is InChI=1S/3C12H11N.Ru/c3*1-10-5-7-11(8-6-10)12-4-2-3-9-13-12;/h3*2-9H,1H3;/q;;;+3. The van der Waals surface area contributed by atoms with Gasteiger partial charge >= 0.3 is 19.5 Å². The van der Waals surface area contributed by atoms with Gasteiger partial charge in [-0.3, -0.25) is 15.0 Å². The molecule has 3 heterocycles. The maximum atomic E-state index is 4.28. The Bertz CT molecular complexity index is 1330. The molecule has 0 aliphatic carbocycles. The second kappa shape index (κ2) is 16.0. The minimum absolute atomic E-state index is 0. The van der Waals surface area contributed by atoms with Gasteiger partial charge in [0.2, 0.25) is 0 Å². The van der Waals surface area contributed by atoms with Crippen molar-refractivity contribution in [2.75, 3.05) is 0 Å². The molecule has 0 unspecified atom stereocenters. The number of nitrogens with zero attached hydrogens (tertiary/aromatic N) is 3. The zero-order chi connectivity index (χ0) is 27.3. The summed E-state index contributed by atoms with van der Waals surface area (Å²) in [5.41, 5.74) is 10.4. The predicted molar refractivity (Wildman–Crippen MR) is 163 cm³/mol. The molecule has 197 valence electrons. The number of pyridine rings is 3. The average molecular weight is 609 g/mol. The van der Waals surface area contributed by atoms with E-state index >= 15 is 0 Å². The van der Waals surface area contributed by atoms with Crippen LogP contribution < -0.4 is 0 Å². The summed E-state index contributed by atoms with van der Waals surface area (Å²) in [5, 5.41) is 0. The predicted octanol–water partition coefficient (Wildman–Crippen LogP) is 9.17. The van der Waals surface area contributed by atoms with Gasteiger partial charge in [-0.15, -0.1) is 0 Å². The number of aromatic nitrogens is 3. The zero-order valence-electron chi connectivity index (χ0n) is 23.1. The van der Waals surface area contributed by atoms with E-state index in [1.807, 2.05) is 73.2 Å². The first-order valence-electron chi connectivity index (χ1n) is 13.0. The first kappa shape index (κ1) is 30.3. The Kier molecular flexibility index (Phi) is 12.1. The Morgan fingerprint density at radius 1 is 0.325 bits per heavy atom. The smallest absolute Gasteiger partial charge is 0.256 e. The van der Waals surface area contributed by atoms with Crippen molar-refractivity contribution in [3.8, 4) is 33.8 Å². The van der Waals surface area contributed by atoms with E-state index in [1.54, 1.807) is 0 Å². The number of benzene rings is 3. The molecule has 0 atom stereocenters. The molecule has 0 saturated carbocycles. The summed E-state index contributed by atoms with van der Waals surface area (Å²) < 4.78 is 0. The first-order chi connectivity index (χ1) is 19.1. The van der Waals surface area contributed by atoms with Gasteiger partial charge in [0.1, 0.15) is 0 Å². The first-order valence-corrected chi connectivity index (χ1v) is 13.0. The Morgan fingerprint density at radius 3 is 0.775 bits per heavy atom. The summed E-state index contributed by atoms with van der Waals surface area (Å²) >= 11 is 0. The molecule has 0 aliphatic heterocycles. The average Bonchev–Trinajstić information content (AvgIpc) is 3.00. The number of aryl methyl sites for hydroxylation is 3. The fourth-order valence-corrected chi connectivity index (χ4v) is 3.77. The molecule has 4 heteroatoms. The summed E-state index contributed by atoms with van der Waals surface area (Å²) in [4.78, 5) is 12.8. The van der Waals surface area contributed by atoms with Gasteiger partial charge in [0.25, 0.3) is 0 Å². The van der Waals surface area contributed by atoms with Crippen molar-refractivity contribution in [3.05, 3.63) is 163 Å². The van der Waals surface area contributed by atoms with Crippen LogP contribution in [0.1, 0.15) is 16.7 Å². The van der Waals surface area contributed by atoms with Crippen molar-refractivity contribution in [3.63, 3.8) is 0 Å². The molecule has 0 spiro atoms. The molecule has 3 nitrogen and oxygen atoms in total. The fourth-order valence-electron chi connectivity index (χ4n) is 3.77. The molecular weight excluding hydrogens is 575 g/mol. The van der Waals surface area contributed by atoms with Crippen LogP contribution in [0.5, 0.6) is 0 Å². The molecule has 0 fully saturated rings. The Labute approximate surface area is 250 Å². The second-order valence-electron chi connectivity index (χ2n) is 9.24. The third kappa shape index (κ3) is 9.48. The van der Waals surface area contributed by atoms with Gasteiger partial charge in [-0.05, 0) is 57.2 Å². The molecule has 0 aliphatic rings. The van der Waals surface area contributed by atoms with Crippen LogP contribution in [0.4, 0.5) is 0 Å². The van der Waals surface area contributed by atoms with Gasteiger partial charge in [-0.2, -0.15) is 0 Å². The molecular formula is C36H33N3Ru+3. The van der Waals surface area contributed by atoms with Crippen LogP contribution in [0.2, 0.25) is 0 Å². The van der Waals surface area contributed by atoms with Crippen LogP contribution >= 0.6 is 0 Å². The minimum atomic E-state index is 0. The summed E-state index contributed by atoms with van der Waals surface area (Å²) in [6, 6.07) is 43.0. The Morgan fingerprint density at radius 2 is 0.575 bits per heavy atom. The topological polar surface area (TPSA) is 38.7 Å². The zero-order valence-corrected chi connectivity index (χ0v) is 24.8. The van der Waals surface area contributed by atoms with Gasteiger partial charge in [0.05, 0.1) is 17.1 Å². The van der Waals surface area contributed by atoms with Crippen LogP contribution in [0, 0.1) is 20.8 Å². The number of hydrogen-bond donors (Lipinski definition) is 0.